The zero-order valence-electron chi connectivity index (χ0n) is 16.3. The largest absolute Gasteiger partial charge is 0.322 e. The van der Waals surface area contributed by atoms with E-state index < -0.39 is 15.9 Å². The lowest BCUT2D eigenvalue weighted by Gasteiger charge is -2.20. The van der Waals surface area contributed by atoms with Crippen molar-refractivity contribution in [3.05, 3.63) is 88.4 Å². The van der Waals surface area contributed by atoms with Crippen LogP contribution in [0.5, 0.6) is 0 Å². The van der Waals surface area contributed by atoms with Gasteiger partial charge in [0.25, 0.3) is 15.9 Å². The first-order valence-electron chi connectivity index (χ1n) is 8.91. The summed E-state index contributed by atoms with van der Waals surface area (Å²) in [6.45, 7) is 3.80. The molecule has 3 rings (SSSR count). The Morgan fingerprint density at radius 1 is 0.966 bits per heavy atom. The minimum atomic E-state index is -3.81. The third-order valence-corrected chi connectivity index (χ3v) is 6.77. The third kappa shape index (κ3) is 4.60. The van der Waals surface area contributed by atoms with Crippen molar-refractivity contribution in [3.8, 4) is 0 Å². The number of benzene rings is 3. The maximum absolute atomic E-state index is 13.0. The van der Waals surface area contributed by atoms with Crippen molar-refractivity contribution in [2.45, 2.75) is 18.7 Å². The van der Waals surface area contributed by atoms with E-state index in [0.717, 1.165) is 11.1 Å². The number of hydrogen-bond acceptors (Lipinski definition) is 3. The van der Waals surface area contributed by atoms with E-state index in [4.69, 9.17) is 11.6 Å². The van der Waals surface area contributed by atoms with E-state index in [1.54, 1.807) is 42.5 Å². The Morgan fingerprint density at radius 2 is 1.66 bits per heavy atom. The van der Waals surface area contributed by atoms with Crippen LogP contribution in [0.4, 0.5) is 11.4 Å². The number of rotatable bonds is 5. The lowest BCUT2D eigenvalue weighted by Crippen LogP contribution is -2.26. The number of amides is 1. The number of nitrogens with zero attached hydrogens (tertiary/aromatic N) is 1. The monoisotopic (exact) mass is 428 g/mol. The van der Waals surface area contributed by atoms with E-state index in [2.05, 4.69) is 5.32 Å². The number of halogens is 1. The average molecular weight is 429 g/mol. The summed E-state index contributed by atoms with van der Waals surface area (Å²) in [5, 5.41) is 3.28. The number of nitrogens with one attached hydrogen (secondary N) is 1. The highest BCUT2D eigenvalue weighted by Gasteiger charge is 2.22. The summed E-state index contributed by atoms with van der Waals surface area (Å²) in [4.78, 5) is 12.6. The molecule has 0 aliphatic heterocycles. The van der Waals surface area contributed by atoms with Crippen LogP contribution in [0.15, 0.2) is 71.6 Å². The van der Waals surface area contributed by atoms with Crippen molar-refractivity contribution >= 4 is 38.9 Å². The zero-order valence-corrected chi connectivity index (χ0v) is 17.9. The first-order chi connectivity index (χ1) is 13.7. The molecule has 0 aromatic heterocycles. The van der Waals surface area contributed by atoms with Crippen LogP contribution in [0.25, 0.3) is 0 Å². The van der Waals surface area contributed by atoms with Crippen LogP contribution >= 0.6 is 11.6 Å². The van der Waals surface area contributed by atoms with Gasteiger partial charge in [-0.15, -0.1) is 0 Å². The number of hydrogen-bond donors (Lipinski definition) is 1. The van der Waals surface area contributed by atoms with Gasteiger partial charge in [0.1, 0.15) is 0 Å². The summed E-state index contributed by atoms with van der Waals surface area (Å²) in [6.07, 6.45) is 0. The number of aryl methyl sites for hydroxylation is 2. The van der Waals surface area contributed by atoms with Gasteiger partial charge in [-0.25, -0.2) is 8.42 Å². The van der Waals surface area contributed by atoms with Crippen LogP contribution in [-0.2, 0) is 10.0 Å². The third-order valence-electron chi connectivity index (χ3n) is 4.58. The fraction of sp³-hybridized carbons (Fsp3) is 0.136. The Labute approximate surface area is 176 Å². The molecule has 5 nitrogen and oxygen atoms in total. The molecule has 0 heterocycles. The average Bonchev–Trinajstić information content (AvgIpc) is 2.71. The Kier molecular flexibility index (Phi) is 5.96. The highest BCUT2D eigenvalue weighted by Crippen LogP contribution is 2.24. The fourth-order valence-corrected chi connectivity index (χ4v) is 4.15. The number of carbonyl (C=O) groups excluding carboxylic acids is 1. The SMILES string of the molecule is Cc1ccc(N(C)S(=O)(=O)c2cccc(C(=O)Nc3ccc(C)c(Cl)c3)c2)cc1. The number of carbonyl (C=O) groups is 1. The molecule has 0 saturated carbocycles. The predicted octanol–water partition coefficient (Wildman–Crippen LogP) is 5.03. The van der Waals surface area contributed by atoms with E-state index in [1.165, 1.54) is 23.5 Å². The summed E-state index contributed by atoms with van der Waals surface area (Å²) in [5.74, 6) is -0.417. The number of anilines is 2. The highest BCUT2D eigenvalue weighted by atomic mass is 35.5. The Balaban J connectivity index is 1.86. The van der Waals surface area contributed by atoms with E-state index in [0.29, 0.717) is 16.4 Å². The smallest absolute Gasteiger partial charge is 0.264 e. The quantitative estimate of drug-likeness (QED) is 0.619. The zero-order chi connectivity index (χ0) is 21.2. The number of sulfonamides is 1. The van der Waals surface area contributed by atoms with Crippen molar-refractivity contribution in [2.24, 2.45) is 0 Å². The van der Waals surface area contributed by atoms with E-state index in [9.17, 15) is 13.2 Å². The maximum atomic E-state index is 13.0. The molecule has 1 amide bonds. The van der Waals surface area contributed by atoms with Crippen LogP contribution in [-0.4, -0.2) is 21.4 Å². The molecular formula is C22H21ClN2O3S. The minimum Gasteiger partial charge on any atom is -0.322 e. The molecule has 0 atom stereocenters. The van der Waals surface area contributed by atoms with E-state index >= 15 is 0 Å². The highest BCUT2D eigenvalue weighted by molar-refractivity contribution is 7.92. The molecule has 0 unspecified atom stereocenters. The van der Waals surface area contributed by atoms with Gasteiger partial charge in [0, 0.05) is 23.3 Å². The molecule has 150 valence electrons. The summed E-state index contributed by atoms with van der Waals surface area (Å²) < 4.78 is 27.2. The standard InChI is InChI=1S/C22H21ClN2O3S/c1-15-7-11-19(12-8-15)25(3)29(27,28)20-6-4-5-17(13-20)22(26)24-18-10-9-16(2)21(23)14-18/h4-14H,1-3H3,(H,24,26). The van der Waals surface area contributed by atoms with E-state index in [-0.39, 0.29) is 10.5 Å². The summed E-state index contributed by atoms with van der Waals surface area (Å²) in [5.41, 5.74) is 3.25. The fourth-order valence-electron chi connectivity index (χ4n) is 2.72. The predicted molar refractivity (Wildman–Crippen MR) is 117 cm³/mol. The van der Waals surface area contributed by atoms with Crippen LogP contribution < -0.4 is 9.62 Å². The van der Waals surface area contributed by atoms with Crippen LogP contribution in [0, 0.1) is 13.8 Å². The first kappa shape index (κ1) is 20.9. The Bertz CT molecular complexity index is 1160. The Morgan fingerprint density at radius 3 is 2.31 bits per heavy atom. The van der Waals surface area contributed by atoms with Gasteiger partial charge in [-0.1, -0.05) is 41.4 Å². The molecule has 3 aromatic rings. The maximum Gasteiger partial charge on any atom is 0.264 e. The second kappa shape index (κ2) is 8.27. The normalized spacial score (nSPS) is 11.2. The molecular weight excluding hydrogens is 408 g/mol. The molecule has 0 aliphatic carbocycles. The first-order valence-corrected chi connectivity index (χ1v) is 10.7. The van der Waals surface area contributed by atoms with Crippen LogP contribution in [0.3, 0.4) is 0 Å². The topological polar surface area (TPSA) is 66.5 Å². The Hall–Kier alpha value is -2.83. The summed E-state index contributed by atoms with van der Waals surface area (Å²) >= 11 is 6.10. The molecule has 0 radical (unpaired) electrons. The second-order valence-electron chi connectivity index (χ2n) is 6.75. The summed E-state index contributed by atoms with van der Waals surface area (Å²) in [7, 11) is -2.33. The van der Waals surface area contributed by atoms with Gasteiger partial charge < -0.3 is 5.32 Å². The second-order valence-corrected chi connectivity index (χ2v) is 9.13. The molecule has 7 heteroatoms. The van der Waals surface area contributed by atoms with Gasteiger partial charge in [-0.05, 0) is 61.9 Å². The van der Waals surface area contributed by atoms with Gasteiger partial charge in [0.2, 0.25) is 0 Å². The molecule has 0 fully saturated rings. The van der Waals surface area contributed by atoms with E-state index in [1.807, 2.05) is 26.0 Å². The lowest BCUT2D eigenvalue weighted by atomic mass is 10.2. The van der Waals surface area contributed by atoms with Crippen LogP contribution in [0.1, 0.15) is 21.5 Å². The summed E-state index contributed by atoms with van der Waals surface area (Å²) in [6, 6.07) is 18.3. The van der Waals surface area contributed by atoms with Gasteiger partial charge >= 0.3 is 0 Å². The van der Waals surface area contributed by atoms with Gasteiger partial charge in [0.05, 0.1) is 10.6 Å². The lowest BCUT2D eigenvalue weighted by molar-refractivity contribution is 0.102. The molecule has 1 N–H and O–H groups in total. The molecule has 0 bridgehead atoms. The van der Waals surface area contributed by atoms with Gasteiger partial charge in [-0.3, -0.25) is 9.10 Å². The van der Waals surface area contributed by atoms with Gasteiger partial charge in [-0.2, -0.15) is 0 Å². The minimum absolute atomic E-state index is 0.0372. The van der Waals surface area contributed by atoms with Crippen LogP contribution in [0.2, 0.25) is 5.02 Å². The van der Waals surface area contributed by atoms with Crippen molar-refractivity contribution in [2.75, 3.05) is 16.7 Å². The van der Waals surface area contributed by atoms with Gasteiger partial charge in [0.15, 0.2) is 0 Å². The van der Waals surface area contributed by atoms with Crippen molar-refractivity contribution in [3.63, 3.8) is 0 Å². The van der Waals surface area contributed by atoms with Crippen molar-refractivity contribution < 1.29 is 13.2 Å². The molecule has 29 heavy (non-hydrogen) atoms. The molecule has 3 aromatic carbocycles. The van der Waals surface area contributed by atoms with Crippen molar-refractivity contribution in [1.82, 2.24) is 0 Å². The van der Waals surface area contributed by atoms with Crippen molar-refractivity contribution in [1.29, 1.82) is 0 Å². The molecule has 0 spiro atoms. The molecule has 0 aliphatic rings. The molecule has 0 saturated heterocycles.